The molecular formula is C23H21ClN4. The van der Waals surface area contributed by atoms with Gasteiger partial charge in [0.1, 0.15) is 5.82 Å². The van der Waals surface area contributed by atoms with Crippen LogP contribution in [0.1, 0.15) is 54.0 Å². The molecule has 4 nitrogen and oxygen atoms in total. The van der Waals surface area contributed by atoms with E-state index in [1.807, 2.05) is 24.3 Å². The zero-order chi connectivity index (χ0) is 18.7. The van der Waals surface area contributed by atoms with Gasteiger partial charge in [-0.15, -0.1) is 0 Å². The Labute approximate surface area is 169 Å². The fraction of sp³-hybridized carbons (Fsp3) is 0.304. The lowest BCUT2D eigenvalue weighted by molar-refractivity contribution is 0.727. The van der Waals surface area contributed by atoms with Crippen molar-refractivity contribution in [2.75, 3.05) is 16.8 Å². The number of benzene rings is 2. The fourth-order valence-electron chi connectivity index (χ4n) is 4.73. The Morgan fingerprint density at radius 1 is 0.929 bits per heavy atom. The number of nitrogens with zero attached hydrogens (tertiary/aromatic N) is 3. The van der Waals surface area contributed by atoms with Crippen LogP contribution in [-0.2, 0) is 0 Å². The molecule has 140 valence electrons. The predicted octanol–water partition coefficient (Wildman–Crippen LogP) is 5.80. The number of rotatable bonds is 4. The Bertz CT molecular complexity index is 1060. The van der Waals surface area contributed by atoms with Crippen LogP contribution in [0.5, 0.6) is 0 Å². The molecule has 1 saturated heterocycles. The highest BCUT2D eigenvalue weighted by Crippen LogP contribution is 2.51. The van der Waals surface area contributed by atoms with E-state index in [9.17, 15) is 0 Å². The highest BCUT2D eigenvalue weighted by molar-refractivity contribution is 6.30. The van der Waals surface area contributed by atoms with Crippen molar-refractivity contribution in [3.63, 3.8) is 0 Å². The number of hydrogen-bond donors (Lipinski definition) is 1. The van der Waals surface area contributed by atoms with Crippen LogP contribution >= 0.6 is 11.6 Å². The van der Waals surface area contributed by atoms with Gasteiger partial charge in [-0.1, -0.05) is 41.9 Å². The van der Waals surface area contributed by atoms with Gasteiger partial charge in [-0.3, -0.25) is 0 Å². The van der Waals surface area contributed by atoms with Crippen LogP contribution in [0.15, 0.2) is 54.6 Å². The maximum Gasteiger partial charge on any atom is 0.229 e. The van der Waals surface area contributed by atoms with Crippen molar-refractivity contribution in [3.05, 3.63) is 76.4 Å². The van der Waals surface area contributed by atoms with E-state index < -0.39 is 0 Å². The molecule has 3 aromatic rings. The van der Waals surface area contributed by atoms with Gasteiger partial charge in [0, 0.05) is 35.2 Å². The number of anilines is 3. The minimum Gasteiger partial charge on any atom is -0.349 e. The van der Waals surface area contributed by atoms with Gasteiger partial charge in [-0.05, 0) is 48.6 Å². The van der Waals surface area contributed by atoms with Crippen molar-refractivity contribution in [3.8, 4) is 0 Å². The van der Waals surface area contributed by atoms with Crippen LogP contribution in [0.3, 0.4) is 0 Å². The summed E-state index contributed by atoms with van der Waals surface area (Å²) in [4.78, 5) is 12.2. The molecule has 1 aromatic heterocycles. The standard InChI is InChI=1S/C23H21ClN4/c24-16-4-3-5-17(11-16)25-23-26-20(14-8-9-14)12-22(27-23)28-13-15-10-21(28)19-7-2-1-6-18(15)19/h1-7,11-12,14-15,21H,8-10,13H2,(H,25,26,27)/t15-,21+/m1/s1. The molecule has 2 atom stereocenters. The number of fused-ring (bicyclic) bond motifs is 5. The lowest BCUT2D eigenvalue weighted by Gasteiger charge is -2.30. The maximum atomic E-state index is 6.14. The molecule has 0 spiro atoms. The van der Waals surface area contributed by atoms with Gasteiger partial charge in [-0.25, -0.2) is 4.98 Å². The summed E-state index contributed by atoms with van der Waals surface area (Å²) >= 11 is 6.14. The third-order valence-electron chi connectivity index (χ3n) is 6.20. The second kappa shape index (κ2) is 6.21. The molecule has 0 unspecified atom stereocenters. The van der Waals surface area contributed by atoms with Gasteiger partial charge in [0.05, 0.1) is 11.7 Å². The average Bonchev–Trinajstić information content (AvgIpc) is 3.38. The summed E-state index contributed by atoms with van der Waals surface area (Å²) in [6.07, 6.45) is 3.64. The van der Waals surface area contributed by atoms with Crippen molar-refractivity contribution in [1.82, 2.24) is 9.97 Å². The third kappa shape index (κ3) is 2.75. The third-order valence-corrected chi connectivity index (χ3v) is 6.43. The van der Waals surface area contributed by atoms with Gasteiger partial charge < -0.3 is 10.2 Å². The monoisotopic (exact) mass is 388 g/mol. The van der Waals surface area contributed by atoms with Crippen LogP contribution < -0.4 is 10.2 Å². The Kier molecular flexibility index (Phi) is 3.63. The second-order valence-electron chi connectivity index (χ2n) is 8.11. The minimum absolute atomic E-state index is 0.433. The summed E-state index contributed by atoms with van der Waals surface area (Å²) < 4.78 is 0. The molecule has 3 aliphatic rings. The molecule has 2 heterocycles. The Morgan fingerprint density at radius 3 is 2.61 bits per heavy atom. The summed E-state index contributed by atoms with van der Waals surface area (Å²) in [6.45, 7) is 1.04. The lowest BCUT2D eigenvalue weighted by atomic mass is 9.99. The second-order valence-corrected chi connectivity index (χ2v) is 8.55. The first-order valence-corrected chi connectivity index (χ1v) is 10.4. The van der Waals surface area contributed by atoms with Crippen LogP contribution in [0.4, 0.5) is 17.5 Å². The molecule has 1 N–H and O–H groups in total. The number of aromatic nitrogens is 2. The van der Waals surface area contributed by atoms with E-state index in [0.717, 1.165) is 23.7 Å². The first kappa shape index (κ1) is 16.4. The zero-order valence-corrected chi connectivity index (χ0v) is 16.2. The molecule has 2 bridgehead atoms. The summed E-state index contributed by atoms with van der Waals surface area (Å²) in [5.41, 5.74) is 5.07. The van der Waals surface area contributed by atoms with Gasteiger partial charge in [0.25, 0.3) is 0 Å². The van der Waals surface area contributed by atoms with E-state index in [4.69, 9.17) is 21.6 Å². The molecule has 28 heavy (non-hydrogen) atoms. The topological polar surface area (TPSA) is 41.1 Å². The first-order chi connectivity index (χ1) is 13.7. The molecule has 2 fully saturated rings. The molecule has 0 amide bonds. The van der Waals surface area contributed by atoms with E-state index in [0.29, 0.717) is 28.8 Å². The SMILES string of the molecule is Clc1cccc(Nc2nc(C3CC3)cc(N3C[C@H]4C[C@H]3c3ccccc34)n2)c1. The minimum atomic E-state index is 0.433. The van der Waals surface area contributed by atoms with E-state index in [-0.39, 0.29) is 0 Å². The normalized spacial score (nSPS) is 22.4. The summed E-state index contributed by atoms with van der Waals surface area (Å²) in [5.74, 6) is 2.90. The smallest absolute Gasteiger partial charge is 0.229 e. The van der Waals surface area contributed by atoms with Crippen LogP contribution in [0.25, 0.3) is 0 Å². The predicted molar refractivity (Wildman–Crippen MR) is 113 cm³/mol. The van der Waals surface area contributed by atoms with Gasteiger partial charge in [0.15, 0.2) is 0 Å². The van der Waals surface area contributed by atoms with E-state index in [1.54, 1.807) is 0 Å². The number of halogens is 1. The highest BCUT2D eigenvalue weighted by atomic mass is 35.5. The summed E-state index contributed by atoms with van der Waals surface area (Å²) in [7, 11) is 0. The van der Waals surface area contributed by atoms with Gasteiger partial charge in [-0.2, -0.15) is 4.98 Å². The Morgan fingerprint density at radius 2 is 1.79 bits per heavy atom. The zero-order valence-electron chi connectivity index (χ0n) is 15.5. The fourth-order valence-corrected chi connectivity index (χ4v) is 4.92. The highest BCUT2D eigenvalue weighted by Gasteiger charge is 2.43. The maximum absolute atomic E-state index is 6.14. The molecule has 2 aromatic carbocycles. The largest absolute Gasteiger partial charge is 0.349 e. The van der Waals surface area contributed by atoms with E-state index >= 15 is 0 Å². The van der Waals surface area contributed by atoms with Crippen molar-refractivity contribution in [2.24, 2.45) is 0 Å². The molecule has 5 heteroatoms. The van der Waals surface area contributed by atoms with Crippen LogP contribution in [0.2, 0.25) is 5.02 Å². The quantitative estimate of drug-likeness (QED) is 0.613. The van der Waals surface area contributed by atoms with Gasteiger partial charge >= 0.3 is 0 Å². The van der Waals surface area contributed by atoms with E-state index in [1.165, 1.54) is 30.4 Å². The molecule has 1 aliphatic heterocycles. The number of nitrogens with one attached hydrogen (secondary N) is 1. The molecule has 6 rings (SSSR count). The van der Waals surface area contributed by atoms with E-state index in [2.05, 4.69) is 40.5 Å². The molecule has 1 saturated carbocycles. The number of hydrogen-bond acceptors (Lipinski definition) is 4. The van der Waals surface area contributed by atoms with Crippen LogP contribution in [-0.4, -0.2) is 16.5 Å². The lowest BCUT2D eigenvalue weighted by Crippen LogP contribution is -2.28. The molecular weight excluding hydrogens is 368 g/mol. The average molecular weight is 389 g/mol. The van der Waals surface area contributed by atoms with Crippen molar-refractivity contribution < 1.29 is 0 Å². The first-order valence-electron chi connectivity index (χ1n) is 10.0. The van der Waals surface area contributed by atoms with Crippen LogP contribution in [0, 0.1) is 0 Å². The Balaban J connectivity index is 1.37. The van der Waals surface area contributed by atoms with Crippen molar-refractivity contribution >= 4 is 29.1 Å². The molecule has 0 radical (unpaired) electrons. The van der Waals surface area contributed by atoms with Crippen molar-refractivity contribution in [1.29, 1.82) is 0 Å². The van der Waals surface area contributed by atoms with Gasteiger partial charge in [0.2, 0.25) is 5.95 Å². The summed E-state index contributed by atoms with van der Waals surface area (Å²) in [5, 5.41) is 4.07. The van der Waals surface area contributed by atoms with Crippen molar-refractivity contribution in [2.45, 2.75) is 37.1 Å². The molecule has 2 aliphatic carbocycles. The summed E-state index contributed by atoms with van der Waals surface area (Å²) in [6, 6.07) is 19.2. The Hall–Kier alpha value is -2.59.